The molecule has 1 aliphatic carbocycles. The quantitative estimate of drug-likeness (QED) is 0.853. The summed E-state index contributed by atoms with van der Waals surface area (Å²) in [6, 6.07) is 3.86. The van der Waals surface area contributed by atoms with Gasteiger partial charge >= 0.3 is 0 Å². The smallest absolute Gasteiger partial charge is 0.116 e. The largest absolute Gasteiger partial charge is 0.383 e. The standard InChI is InChI=1S/C12H10Cl2OS2/c13-10-5-7(12(14)17-10)11(15)9-4-6-2-1-3-8(6)16-9/h4-5,11,15H,1-3H2. The van der Waals surface area contributed by atoms with Gasteiger partial charge in [0.1, 0.15) is 10.4 Å². The highest BCUT2D eigenvalue weighted by molar-refractivity contribution is 7.20. The van der Waals surface area contributed by atoms with E-state index in [0.717, 1.165) is 23.3 Å². The Kier molecular flexibility index (Phi) is 3.22. The zero-order valence-electron chi connectivity index (χ0n) is 8.87. The molecule has 0 aromatic carbocycles. The zero-order valence-corrected chi connectivity index (χ0v) is 12.0. The summed E-state index contributed by atoms with van der Waals surface area (Å²) >= 11 is 15.0. The predicted molar refractivity (Wildman–Crippen MR) is 74.7 cm³/mol. The molecule has 0 aliphatic heterocycles. The van der Waals surface area contributed by atoms with Gasteiger partial charge in [-0.25, -0.2) is 0 Å². The summed E-state index contributed by atoms with van der Waals surface area (Å²) in [5.74, 6) is 0. The number of aryl methyl sites for hydroxylation is 2. The highest BCUT2D eigenvalue weighted by Gasteiger charge is 2.22. The predicted octanol–water partition coefficient (Wildman–Crippen LogP) is 4.69. The lowest BCUT2D eigenvalue weighted by molar-refractivity contribution is 0.224. The topological polar surface area (TPSA) is 20.2 Å². The van der Waals surface area contributed by atoms with E-state index in [4.69, 9.17) is 23.2 Å². The van der Waals surface area contributed by atoms with Crippen molar-refractivity contribution in [2.24, 2.45) is 0 Å². The molecule has 0 amide bonds. The summed E-state index contributed by atoms with van der Waals surface area (Å²) in [6.45, 7) is 0. The maximum absolute atomic E-state index is 10.3. The third kappa shape index (κ3) is 2.15. The Morgan fingerprint density at radius 1 is 1.18 bits per heavy atom. The summed E-state index contributed by atoms with van der Waals surface area (Å²) in [4.78, 5) is 2.39. The van der Waals surface area contributed by atoms with E-state index in [1.807, 2.05) is 0 Å². The minimum absolute atomic E-state index is 0.580. The van der Waals surface area contributed by atoms with Crippen LogP contribution in [0.4, 0.5) is 0 Å². The minimum Gasteiger partial charge on any atom is -0.383 e. The molecule has 3 rings (SSSR count). The van der Waals surface area contributed by atoms with Crippen LogP contribution in [0.2, 0.25) is 8.67 Å². The number of aliphatic hydroxyl groups is 1. The van der Waals surface area contributed by atoms with E-state index in [1.165, 1.54) is 28.2 Å². The van der Waals surface area contributed by atoms with Crippen LogP contribution < -0.4 is 0 Å². The molecule has 0 saturated heterocycles. The molecule has 1 nitrogen and oxygen atoms in total. The van der Waals surface area contributed by atoms with Crippen LogP contribution in [-0.2, 0) is 12.8 Å². The SMILES string of the molecule is OC(c1cc2c(s1)CCC2)c1cc(Cl)sc1Cl. The Labute approximate surface area is 118 Å². The Morgan fingerprint density at radius 3 is 2.65 bits per heavy atom. The van der Waals surface area contributed by atoms with Crippen LogP contribution in [0.5, 0.6) is 0 Å². The highest BCUT2D eigenvalue weighted by Crippen LogP contribution is 2.41. The molecule has 90 valence electrons. The molecular formula is C12H10Cl2OS2. The molecule has 1 unspecified atom stereocenters. The van der Waals surface area contributed by atoms with Gasteiger partial charge in [0.2, 0.25) is 0 Å². The van der Waals surface area contributed by atoms with E-state index in [9.17, 15) is 5.11 Å². The van der Waals surface area contributed by atoms with Gasteiger partial charge in [0.15, 0.2) is 0 Å². The van der Waals surface area contributed by atoms with Gasteiger partial charge in [0.05, 0.1) is 4.34 Å². The molecule has 1 N–H and O–H groups in total. The van der Waals surface area contributed by atoms with Crippen molar-refractivity contribution in [1.82, 2.24) is 0 Å². The maximum Gasteiger partial charge on any atom is 0.116 e. The van der Waals surface area contributed by atoms with E-state index in [-0.39, 0.29) is 0 Å². The molecule has 0 spiro atoms. The van der Waals surface area contributed by atoms with E-state index >= 15 is 0 Å². The van der Waals surface area contributed by atoms with Crippen molar-refractivity contribution in [1.29, 1.82) is 0 Å². The summed E-state index contributed by atoms with van der Waals surface area (Å²) in [6.07, 6.45) is 2.88. The molecule has 2 aromatic rings. The van der Waals surface area contributed by atoms with Gasteiger partial charge in [-0.3, -0.25) is 0 Å². The van der Waals surface area contributed by atoms with E-state index < -0.39 is 6.10 Å². The normalized spacial score (nSPS) is 16.2. The van der Waals surface area contributed by atoms with Crippen molar-refractivity contribution < 1.29 is 5.11 Å². The molecule has 5 heteroatoms. The van der Waals surface area contributed by atoms with Gasteiger partial charge in [-0.05, 0) is 37.0 Å². The maximum atomic E-state index is 10.3. The van der Waals surface area contributed by atoms with E-state index in [1.54, 1.807) is 17.4 Å². The minimum atomic E-state index is -0.637. The molecule has 0 bridgehead atoms. The summed E-state index contributed by atoms with van der Waals surface area (Å²) in [7, 11) is 0. The number of thiophene rings is 2. The summed E-state index contributed by atoms with van der Waals surface area (Å²) in [5.41, 5.74) is 2.11. The average Bonchev–Trinajstić information content (AvgIpc) is 2.90. The molecule has 0 radical (unpaired) electrons. The Hall–Kier alpha value is -0.0600. The van der Waals surface area contributed by atoms with Gasteiger partial charge in [-0.2, -0.15) is 0 Å². The van der Waals surface area contributed by atoms with Gasteiger partial charge < -0.3 is 5.11 Å². The molecule has 1 atom stereocenters. The zero-order chi connectivity index (χ0) is 12.0. The Morgan fingerprint density at radius 2 is 2.00 bits per heavy atom. The van der Waals surface area contributed by atoms with Crippen LogP contribution >= 0.6 is 45.9 Å². The first-order valence-electron chi connectivity index (χ1n) is 5.39. The van der Waals surface area contributed by atoms with Crippen molar-refractivity contribution in [2.75, 3.05) is 0 Å². The average molecular weight is 305 g/mol. The third-order valence-electron chi connectivity index (χ3n) is 3.01. The van der Waals surface area contributed by atoms with Crippen LogP contribution in [0.1, 0.15) is 33.4 Å². The summed E-state index contributed by atoms with van der Waals surface area (Å²) in [5, 5.41) is 10.3. The second kappa shape index (κ2) is 4.56. The van der Waals surface area contributed by atoms with Crippen molar-refractivity contribution in [3.05, 3.63) is 41.7 Å². The van der Waals surface area contributed by atoms with Crippen molar-refractivity contribution in [2.45, 2.75) is 25.4 Å². The number of rotatable bonds is 2. The van der Waals surface area contributed by atoms with Crippen LogP contribution in [-0.4, -0.2) is 5.11 Å². The number of aliphatic hydroxyl groups excluding tert-OH is 1. The van der Waals surface area contributed by atoms with Crippen LogP contribution in [0.15, 0.2) is 12.1 Å². The lowest BCUT2D eigenvalue weighted by atomic mass is 10.1. The molecule has 2 heterocycles. The second-order valence-corrected chi connectivity index (χ2v) is 7.59. The lowest BCUT2D eigenvalue weighted by Crippen LogP contribution is -1.95. The van der Waals surface area contributed by atoms with Crippen molar-refractivity contribution in [3.63, 3.8) is 0 Å². The molecule has 17 heavy (non-hydrogen) atoms. The van der Waals surface area contributed by atoms with E-state index in [0.29, 0.717) is 8.67 Å². The highest BCUT2D eigenvalue weighted by atomic mass is 35.5. The number of hydrogen-bond donors (Lipinski definition) is 1. The molecule has 1 aliphatic rings. The summed E-state index contributed by atoms with van der Waals surface area (Å²) < 4.78 is 1.20. The molecule has 0 fully saturated rings. The Balaban J connectivity index is 1.95. The molecular weight excluding hydrogens is 295 g/mol. The third-order valence-corrected chi connectivity index (χ3v) is 5.82. The van der Waals surface area contributed by atoms with Gasteiger partial charge in [-0.15, -0.1) is 22.7 Å². The van der Waals surface area contributed by atoms with Gasteiger partial charge in [0, 0.05) is 15.3 Å². The van der Waals surface area contributed by atoms with Crippen LogP contribution in [0.25, 0.3) is 0 Å². The molecule has 2 aromatic heterocycles. The lowest BCUT2D eigenvalue weighted by Gasteiger charge is -2.06. The molecule has 0 saturated carbocycles. The first-order chi connectivity index (χ1) is 8.15. The first kappa shape index (κ1) is 12.0. The van der Waals surface area contributed by atoms with Gasteiger partial charge in [-0.1, -0.05) is 23.2 Å². The first-order valence-corrected chi connectivity index (χ1v) is 7.78. The van der Waals surface area contributed by atoms with Gasteiger partial charge in [0.25, 0.3) is 0 Å². The number of fused-ring (bicyclic) bond motifs is 1. The van der Waals surface area contributed by atoms with E-state index in [2.05, 4.69) is 6.07 Å². The fourth-order valence-corrected chi connectivity index (χ4v) is 4.96. The Bertz CT molecular complexity index is 537. The fraction of sp³-hybridized carbons (Fsp3) is 0.333. The van der Waals surface area contributed by atoms with Crippen molar-refractivity contribution in [3.8, 4) is 0 Å². The van der Waals surface area contributed by atoms with Crippen LogP contribution in [0, 0.1) is 0 Å². The van der Waals surface area contributed by atoms with Crippen molar-refractivity contribution >= 4 is 45.9 Å². The van der Waals surface area contributed by atoms with Crippen LogP contribution in [0.3, 0.4) is 0 Å². The number of hydrogen-bond acceptors (Lipinski definition) is 3. The number of halogens is 2. The monoisotopic (exact) mass is 304 g/mol. The second-order valence-electron chi connectivity index (χ2n) is 4.13. The fourth-order valence-electron chi connectivity index (χ4n) is 2.18.